The second-order valence-corrected chi connectivity index (χ2v) is 9.56. The molecular formula is C21H20Cl2N4O2S. The van der Waals surface area contributed by atoms with Gasteiger partial charge in [-0.05, 0) is 55.1 Å². The van der Waals surface area contributed by atoms with Crippen LogP contribution in [0.4, 0.5) is 0 Å². The van der Waals surface area contributed by atoms with Crippen molar-refractivity contribution in [1.82, 2.24) is 19.5 Å². The van der Waals surface area contributed by atoms with Gasteiger partial charge in [-0.3, -0.25) is 4.90 Å². The average molecular weight is 463 g/mol. The molecule has 2 atom stereocenters. The number of piperidine rings is 1. The summed E-state index contributed by atoms with van der Waals surface area (Å²) >= 11 is 14.2. The Morgan fingerprint density at radius 2 is 2.17 bits per heavy atom. The Labute approximate surface area is 187 Å². The molecule has 4 aromatic rings. The number of likely N-dealkylation sites (tertiary alicyclic amines) is 1. The molecule has 1 N–H and O–H groups in total. The van der Waals surface area contributed by atoms with Crippen LogP contribution in [-0.4, -0.2) is 37.7 Å². The summed E-state index contributed by atoms with van der Waals surface area (Å²) in [4.78, 5) is 8.31. The van der Waals surface area contributed by atoms with Crippen molar-refractivity contribution in [3.63, 3.8) is 0 Å². The molecule has 1 fully saturated rings. The summed E-state index contributed by atoms with van der Waals surface area (Å²) in [6, 6.07) is 8.92. The highest BCUT2D eigenvalue weighted by Crippen LogP contribution is 2.44. The molecule has 30 heavy (non-hydrogen) atoms. The van der Waals surface area contributed by atoms with E-state index in [4.69, 9.17) is 27.6 Å². The average Bonchev–Trinajstić information content (AvgIpc) is 3.43. The van der Waals surface area contributed by atoms with Crippen molar-refractivity contribution in [3.8, 4) is 17.5 Å². The third-order valence-corrected chi connectivity index (χ3v) is 7.14. The van der Waals surface area contributed by atoms with Gasteiger partial charge in [0.25, 0.3) is 0 Å². The largest absolute Gasteiger partial charge is 0.492 e. The second kappa shape index (κ2) is 7.89. The first-order chi connectivity index (χ1) is 14.5. The molecule has 0 amide bonds. The van der Waals surface area contributed by atoms with Crippen molar-refractivity contribution in [2.75, 3.05) is 13.1 Å². The Hall–Kier alpha value is -2.06. The lowest BCUT2D eigenvalue weighted by molar-refractivity contribution is 0.149. The van der Waals surface area contributed by atoms with Crippen LogP contribution in [-0.2, 0) is 0 Å². The van der Waals surface area contributed by atoms with Crippen molar-refractivity contribution >= 4 is 39.5 Å². The maximum atomic E-state index is 11.1. The highest BCUT2D eigenvalue weighted by molar-refractivity contribution is 7.17. The van der Waals surface area contributed by atoms with Crippen molar-refractivity contribution in [2.45, 2.75) is 25.8 Å². The first-order valence-corrected chi connectivity index (χ1v) is 11.4. The summed E-state index contributed by atoms with van der Waals surface area (Å²) in [6.45, 7) is 4.11. The molecule has 1 saturated heterocycles. The van der Waals surface area contributed by atoms with Crippen molar-refractivity contribution < 1.29 is 9.52 Å². The molecule has 0 bridgehead atoms. The van der Waals surface area contributed by atoms with Crippen molar-refractivity contribution in [2.24, 2.45) is 5.92 Å². The van der Waals surface area contributed by atoms with Crippen molar-refractivity contribution in [1.29, 1.82) is 0 Å². The predicted octanol–water partition coefficient (Wildman–Crippen LogP) is 5.88. The van der Waals surface area contributed by atoms with Gasteiger partial charge in [0.05, 0.1) is 17.2 Å². The first kappa shape index (κ1) is 19.9. The van der Waals surface area contributed by atoms with E-state index in [9.17, 15) is 5.11 Å². The molecule has 0 unspecified atom stereocenters. The summed E-state index contributed by atoms with van der Waals surface area (Å²) in [5.41, 5.74) is 0.918. The van der Waals surface area contributed by atoms with Crippen LogP contribution in [0.5, 0.6) is 5.88 Å². The fourth-order valence-electron chi connectivity index (χ4n) is 4.13. The van der Waals surface area contributed by atoms with Crippen LogP contribution < -0.4 is 0 Å². The second-order valence-electron chi connectivity index (χ2n) is 7.71. The third kappa shape index (κ3) is 3.50. The van der Waals surface area contributed by atoms with Crippen LogP contribution in [0.25, 0.3) is 16.5 Å². The van der Waals surface area contributed by atoms with Crippen LogP contribution in [0.1, 0.15) is 36.2 Å². The van der Waals surface area contributed by atoms with E-state index >= 15 is 0 Å². The Bertz CT molecular complexity index is 1190. The van der Waals surface area contributed by atoms with E-state index in [1.54, 1.807) is 24.5 Å². The zero-order valence-corrected chi connectivity index (χ0v) is 18.6. The number of rotatable bonds is 4. The molecule has 4 heterocycles. The highest BCUT2D eigenvalue weighted by Gasteiger charge is 2.33. The van der Waals surface area contributed by atoms with E-state index in [1.807, 2.05) is 12.1 Å². The molecule has 156 valence electrons. The maximum Gasteiger partial charge on any atom is 0.230 e. The molecule has 0 radical (unpaired) electrons. The van der Waals surface area contributed by atoms with Gasteiger partial charge in [-0.25, -0.2) is 0 Å². The SMILES string of the molecule is C[C@@H]1CCCN([C@H](c2ccc(Cl)cc2Cl)c2sc3nc(-c4ccco4)nn3c2O)C1. The van der Waals surface area contributed by atoms with Gasteiger partial charge in [0.2, 0.25) is 16.7 Å². The van der Waals surface area contributed by atoms with E-state index in [0.29, 0.717) is 32.5 Å². The van der Waals surface area contributed by atoms with E-state index in [1.165, 1.54) is 22.3 Å². The van der Waals surface area contributed by atoms with Crippen LogP contribution in [0, 0.1) is 5.92 Å². The van der Waals surface area contributed by atoms with Gasteiger partial charge < -0.3 is 9.52 Å². The number of hydrogen-bond donors (Lipinski definition) is 1. The Balaban J connectivity index is 1.62. The zero-order chi connectivity index (χ0) is 20.8. The number of thiazole rings is 1. The van der Waals surface area contributed by atoms with E-state index in [-0.39, 0.29) is 11.9 Å². The molecule has 0 spiro atoms. The molecular weight excluding hydrogens is 443 g/mol. The van der Waals surface area contributed by atoms with Gasteiger partial charge >= 0.3 is 0 Å². The summed E-state index contributed by atoms with van der Waals surface area (Å²) in [6.07, 6.45) is 3.88. The maximum absolute atomic E-state index is 11.1. The van der Waals surface area contributed by atoms with E-state index in [2.05, 4.69) is 21.9 Å². The number of aromatic nitrogens is 3. The molecule has 3 aromatic heterocycles. The number of nitrogens with zero attached hydrogens (tertiary/aromatic N) is 4. The molecule has 0 aliphatic carbocycles. The number of aromatic hydroxyl groups is 1. The topological polar surface area (TPSA) is 66.8 Å². The standard InChI is InChI=1S/C21H20Cl2N4O2S/c1-12-4-2-8-26(11-12)17(14-7-6-13(22)10-15(14)23)18-20(28)27-21(30-18)24-19(25-27)16-5-3-9-29-16/h3,5-7,9-10,12,17,28H,2,4,8,11H2,1H3/t12-,17-/m1/s1. The minimum Gasteiger partial charge on any atom is -0.492 e. The lowest BCUT2D eigenvalue weighted by atomic mass is 9.95. The van der Waals surface area contributed by atoms with Gasteiger partial charge in [0, 0.05) is 16.6 Å². The third-order valence-electron chi connectivity index (χ3n) is 5.50. The van der Waals surface area contributed by atoms with Gasteiger partial charge in [-0.2, -0.15) is 9.50 Å². The summed E-state index contributed by atoms with van der Waals surface area (Å²) in [5, 5.41) is 16.7. The zero-order valence-electron chi connectivity index (χ0n) is 16.3. The van der Waals surface area contributed by atoms with E-state index in [0.717, 1.165) is 30.0 Å². The summed E-state index contributed by atoms with van der Waals surface area (Å²) in [7, 11) is 0. The van der Waals surface area contributed by atoms with Gasteiger partial charge in [-0.1, -0.05) is 47.5 Å². The molecule has 1 aliphatic heterocycles. The molecule has 9 heteroatoms. The van der Waals surface area contributed by atoms with Gasteiger partial charge in [0.1, 0.15) is 0 Å². The number of halogens is 2. The predicted molar refractivity (Wildman–Crippen MR) is 119 cm³/mol. The molecule has 0 saturated carbocycles. The van der Waals surface area contributed by atoms with Crippen LogP contribution >= 0.6 is 34.5 Å². The lowest BCUT2D eigenvalue weighted by Crippen LogP contribution is -2.37. The normalized spacial score (nSPS) is 18.8. The Morgan fingerprint density at radius 3 is 2.87 bits per heavy atom. The number of fused-ring (bicyclic) bond motifs is 1. The Kier molecular flexibility index (Phi) is 5.23. The lowest BCUT2D eigenvalue weighted by Gasteiger charge is -2.37. The molecule has 1 aliphatic rings. The smallest absolute Gasteiger partial charge is 0.230 e. The number of furan rings is 1. The van der Waals surface area contributed by atoms with Gasteiger partial charge in [0.15, 0.2) is 5.76 Å². The summed E-state index contributed by atoms with van der Waals surface area (Å²) in [5.74, 6) is 1.66. The van der Waals surface area contributed by atoms with Crippen LogP contribution in [0.2, 0.25) is 10.0 Å². The van der Waals surface area contributed by atoms with Crippen LogP contribution in [0.3, 0.4) is 0 Å². The van der Waals surface area contributed by atoms with Crippen molar-refractivity contribution in [3.05, 3.63) is 57.1 Å². The molecule has 1 aromatic carbocycles. The highest BCUT2D eigenvalue weighted by atomic mass is 35.5. The minimum atomic E-state index is -0.196. The van der Waals surface area contributed by atoms with Crippen LogP contribution in [0.15, 0.2) is 41.0 Å². The quantitative estimate of drug-likeness (QED) is 0.409. The fraction of sp³-hybridized carbons (Fsp3) is 0.333. The molecule has 5 rings (SSSR count). The number of benzene rings is 1. The summed E-state index contributed by atoms with van der Waals surface area (Å²) < 4.78 is 6.86. The van der Waals surface area contributed by atoms with Gasteiger partial charge in [-0.15, -0.1) is 5.10 Å². The minimum absolute atomic E-state index is 0.0783. The fourth-order valence-corrected chi connectivity index (χ4v) is 5.75. The van der Waals surface area contributed by atoms with E-state index < -0.39 is 0 Å². The Morgan fingerprint density at radius 1 is 1.30 bits per heavy atom. The number of hydrogen-bond acceptors (Lipinski definition) is 6. The first-order valence-electron chi connectivity index (χ1n) is 9.82. The monoisotopic (exact) mass is 462 g/mol. The molecule has 6 nitrogen and oxygen atoms in total.